The molecule has 5 nitrogen and oxygen atoms in total. The van der Waals surface area contributed by atoms with E-state index < -0.39 is 0 Å². The molecule has 3 rings (SSSR count). The molecule has 1 aromatic carbocycles. The second-order valence-corrected chi connectivity index (χ2v) is 7.46. The molecule has 0 spiro atoms. The van der Waals surface area contributed by atoms with Crippen molar-refractivity contribution in [3.63, 3.8) is 0 Å². The predicted molar refractivity (Wildman–Crippen MR) is 102 cm³/mol. The van der Waals surface area contributed by atoms with Crippen LogP contribution in [-0.2, 0) is 4.79 Å². The number of hydrogen-bond acceptors (Lipinski definition) is 5. The number of hydrogen-bond donors (Lipinski definition) is 1. The standard InChI is InChI=1S/C20H25NO4S/c1-24-14-11-16(22)20(17(12-14)25-2)15(18-7-6-10-26-18)13-19(23)21-8-4-3-5-9-21/h6-7,10-12,15,22H,3-5,8-9,13H2,1-2H3. The number of thiophene rings is 1. The summed E-state index contributed by atoms with van der Waals surface area (Å²) in [6.07, 6.45) is 3.63. The third-order valence-corrected chi connectivity index (χ3v) is 5.86. The number of likely N-dealkylation sites (tertiary alicyclic amines) is 1. The lowest BCUT2D eigenvalue weighted by atomic mass is 9.91. The Morgan fingerprint density at radius 3 is 2.62 bits per heavy atom. The molecule has 1 unspecified atom stereocenters. The monoisotopic (exact) mass is 375 g/mol. The van der Waals surface area contributed by atoms with Crippen molar-refractivity contribution in [1.82, 2.24) is 4.90 Å². The zero-order chi connectivity index (χ0) is 18.5. The number of methoxy groups -OCH3 is 2. The summed E-state index contributed by atoms with van der Waals surface area (Å²) in [4.78, 5) is 15.9. The summed E-state index contributed by atoms with van der Waals surface area (Å²) in [5.74, 6) is 1.03. The summed E-state index contributed by atoms with van der Waals surface area (Å²) in [5.41, 5.74) is 0.640. The zero-order valence-corrected chi connectivity index (χ0v) is 16.1. The first kappa shape index (κ1) is 18.6. The second kappa shape index (κ2) is 8.45. The number of rotatable bonds is 6. The van der Waals surface area contributed by atoms with E-state index in [-0.39, 0.29) is 17.6 Å². The zero-order valence-electron chi connectivity index (χ0n) is 15.2. The normalized spacial score (nSPS) is 15.5. The molecule has 1 saturated heterocycles. The molecule has 1 aromatic heterocycles. The van der Waals surface area contributed by atoms with Crippen LogP contribution in [0.25, 0.3) is 0 Å². The fraction of sp³-hybridized carbons (Fsp3) is 0.450. The second-order valence-electron chi connectivity index (χ2n) is 6.48. The molecule has 0 saturated carbocycles. The van der Waals surface area contributed by atoms with Gasteiger partial charge in [-0.15, -0.1) is 11.3 Å². The Balaban J connectivity index is 1.96. The SMILES string of the molecule is COc1cc(O)c(C(CC(=O)N2CCCCC2)c2cccs2)c(OC)c1. The van der Waals surface area contributed by atoms with E-state index in [1.807, 2.05) is 22.4 Å². The predicted octanol–water partition coefficient (Wildman–Crippen LogP) is 4.01. The summed E-state index contributed by atoms with van der Waals surface area (Å²) in [7, 11) is 3.11. The van der Waals surface area contributed by atoms with Crippen LogP contribution < -0.4 is 9.47 Å². The van der Waals surface area contributed by atoms with E-state index in [1.165, 1.54) is 6.42 Å². The number of phenols is 1. The average molecular weight is 375 g/mol. The minimum atomic E-state index is -0.245. The van der Waals surface area contributed by atoms with E-state index in [1.54, 1.807) is 37.7 Å². The smallest absolute Gasteiger partial charge is 0.223 e. The van der Waals surface area contributed by atoms with Crippen molar-refractivity contribution in [2.75, 3.05) is 27.3 Å². The van der Waals surface area contributed by atoms with Crippen molar-refractivity contribution in [3.05, 3.63) is 40.1 Å². The maximum absolute atomic E-state index is 12.9. The molecule has 0 radical (unpaired) electrons. The minimum Gasteiger partial charge on any atom is -0.507 e. The number of piperidine rings is 1. The lowest BCUT2D eigenvalue weighted by Gasteiger charge is -2.29. The van der Waals surface area contributed by atoms with Gasteiger partial charge in [-0.3, -0.25) is 4.79 Å². The lowest BCUT2D eigenvalue weighted by molar-refractivity contribution is -0.132. The van der Waals surface area contributed by atoms with Crippen molar-refractivity contribution in [2.45, 2.75) is 31.6 Å². The largest absolute Gasteiger partial charge is 0.507 e. The van der Waals surface area contributed by atoms with Gasteiger partial charge in [-0.25, -0.2) is 0 Å². The summed E-state index contributed by atoms with van der Waals surface area (Å²) >= 11 is 1.58. The van der Waals surface area contributed by atoms with Crippen LogP contribution in [-0.4, -0.2) is 43.2 Å². The summed E-state index contributed by atoms with van der Waals surface area (Å²) < 4.78 is 10.7. The van der Waals surface area contributed by atoms with Crippen LogP contribution in [0.2, 0.25) is 0 Å². The van der Waals surface area contributed by atoms with Gasteiger partial charge in [-0.2, -0.15) is 0 Å². The number of carbonyl (C=O) groups is 1. The fourth-order valence-corrected chi connectivity index (χ4v) is 4.34. The van der Waals surface area contributed by atoms with E-state index in [4.69, 9.17) is 9.47 Å². The number of benzene rings is 1. The molecule has 6 heteroatoms. The number of aromatic hydroxyl groups is 1. The average Bonchev–Trinajstić information content (AvgIpc) is 3.21. The van der Waals surface area contributed by atoms with Crippen molar-refractivity contribution in [1.29, 1.82) is 0 Å². The molecule has 1 N–H and O–H groups in total. The van der Waals surface area contributed by atoms with Gasteiger partial charge < -0.3 is 19.5 Å². The van der Waals surface area contributed by atoms with Gasteiger partial charge in [0.1, 0.15) is 17.2 Å². The first-order chi connectivity index (χ1) is 12.6. The van der Waals surface area contributed by atoms with Crippen molar-refractivity contribution in [3.8, 4) is 17.2 Å². The summed E-state index contributed by atoms with van der Waals surface area (Å²) in [6, 6.07) is 7.29. The van der Waals surface area contributed by atoms with Crippen molar-refractivity contribution in [2.24, 2.45) is 0 Å². The number of phenolic OH excluding ortho intramolecular Hbond substituents is 1. The van der Waals surface area contributed by atoms with E-state index in [0.717, 1.165) is 30.8 Å². The number of carbonyl (C=O) groups excluding carboxylic acids is 1. The molecule has 26 heavy (non-hydrogen) atoms. The van der Waals surface area contributed by atoms with Gasteiger partial charge in [0.15, 0.2) is 0 Å². The quantitative estimate of drug-likeness (QED) is 0.829. The third kappa shape index (κ3) is 3.96. The van der Waals surface area contributed by atoms with Crippen LogP contribution in [0.15, 0.2) is 29.6 Å². The molecule has 2 aromatic rings. The van der Waals surface area contributed by atoms with Crippen molar-refractivity contribution < 1.29 is 19.4 Å². The Morgan fingerprint density at radius 1 is 1.23 bits per heavy atom. The molecule has 1 amide bonds. The Bertz CT molecular complexity index is 739. The van der Waals surface area contributed by atoms with Gasteiger partial charge >= 0.3 is 0 Å². The molecule has 1 atom stereocenters. The van der Waals surface area contributed by atoms with E-state index in [2.05, 4.69) is 0 Å². The molecule has 140 valence electrons. The van der Waals surface area contributed by atoms with Gasteiger partial charge in [0, 0.05) is 48.0 Å². The highest BCUT2D eigenvalue weighted by atomic mass is 32.1. The van der Waals surface area contributed by atoms with Crippen LogP contribution in [0, 0.1) is 0 Å². The first-order valence-electron chi connectivity index (χ1n) is 8.90. The number of ether oxygens (including phenoxy) is 2. The highest BCUT2D eigenvalue weighted by molar-refractivity contribution is 7.10. The molecule has 0 bridgehead atoms. The molecule has 1 aliphatic heterocycles. The lowest BCUT2D eigenvalue weighted by Crippen LogP contribution is -2.36. The minimum absolute atomic E-state index is 0.0889. The highest BCUT2D eigenvalue weighted by Gasteiger charge is 2.29. The van der Waals surface area contributed by atoms with Crippen LogP contribution in [0.3, 0.4) is 0 Å². The number of nitrogens with zero attached hydrogens (tertiary/aromatic N) is 1. The van der Waals surface area contributed by atoms with Crippen molar-refractivity contribution >= 4 is 17.2 Å². The molecule has 2 heterocycles. The molecule has 1 fully saturated rings. The maximum Gasteiger partial charge on any atom is 0.223 e. The van der Waals surface area contributed by atoms with Gasteiger partial charge in [0.25, 0.3) is 0 Å². The van der Waals surface area contributed by atoms with Gasteiger partial charge in [0.05, 0.1) is 14.2 Å². The molecule has 1 aliphatic rings. The Hall–Kier alpha value is -2.21. The highest BCUT2D eigenvalue weighted by Crippen LogP contribution is 2.44. The van der Waals surface area contributed by atoms with Gasteiger partial charge in [-0.1, -0.05) is 6.07 Å². The van der Waals surface area contributed by atoms with E-state index in [9.17, 15) is 9.90 Å². The van der Waals surface area contributed by atoms with E-state index >= 15 is 0 Å². The third-order valence-electron chi connectivity index (χ3n) is 4.87. The van der Waals surface area contributed by atoms with Crippen LogP contribution in [0.5, 0.6) is 17.2 Å². The van der Waals surface area contributed by atoms with Gasteiger partial charge in [-0.05, 0) is 30.7 Å². The van der Waals surface area contributed by atoms with Crippen LogP contribution in [0.4, 0.5) is 0 Å². The van der Waals surface area contributed by atoms with Crippen LogP contribution >= 0.6 is 11.3 Å². The maximum atomic E-state index is 12.9. The Morgan fingerprint density at radius 2 is 2.00 bits per heavy atom. The van der Waals surface area contributed by atoms with Gasteiger partial charge in [0.2, 0.25) is 5.91 Å². The summed E-state index contributed by atoms with van der Waals surface area (Å²) in [6.45, 7) is 1.64. The van der Waals surface area contributed by atoms with Crippen LogP contribution in [0.1, 0.15) is 42.0 Å². The molecular formula is C20H25NO4S. The first-order valence-corrected chi connectivity index (χ1v) is 9.78. The molecular weight excluding hydrogens is 350 g/mol. The fourth-order valence-electron chi connectivity index (χ4n) is 3.51. The topological polar surface area (TPSA) is 59.0 Å². The molecule has 0 aliphatic carbocycles. The van der Waals surface area contributed by atoms with E-state index in [0.29, 0.717) is 23.5 Å². The Kier molecular flexibility index (Phi) is 6.04. The number of amides is 1. The Labute approximate surface area is 158 Å². The summed E-state index contributed by atoms with van der Waals surface area (Å²) in [5, 5.41) is 12.6.